The minimum absolute atomic E-state index is 0.100. The molecule has 0 aliphatic carbocycles. The van der Waals surface area contributed by atoms with Crippen molar-refractivity contribution < 1.29 is 19.2 Å². The zero-order chi connectivity index (χ0) is 32.3. The number of benzene rings is 4. The summed E-state index contributed by atoms with van der Waals surface area (Å²) in [6.07, 6.45) is 0.901. The van der Waals surface area contributed by atoms with Gasteiger partial charge in [0.15, 0.2) is 0 Å². The van der Waals surface area contributed by atoms with E-state index in [1.54, 1.807) is 24.3 Å². The fourth-order valence-corrected chi connectivity index (χ4v) is 6.44. The van der Waals surface area contributed by atoms with Gasteiger partial charge in [-0.1, -0.05) is 76.2 Å². The molecule has 2 aliphatic rings. The number of rotatable bonds is 11. The Morgan fingerprint density at radius 3 is 1.47 bits per heavy atom. The lowest BCUT2D eigenvalue weighted by Crippen LogP contribution is -2.48. The maximum atomic E-state index is 13.3. The summed E-state index contributed by atoms with van der Waals surface area (Å²) in [5.41, 5.74) is 2.18. The van der Waals surface area contributed by atoms with Crippen LogP contribution in [0.15, 0.2) is 72.8 Å². The first-order valence-corrected chi connectivity index (χ1v) is 15.9. The van der Waals surface area contributed by atoms with E-state index in [1.165, 1.54) is 9.80 Å². The maximum Gasteiger partial charge on any atom is 0.261 e. The van der Waals surface area contributed by atoms with Crippen LogP contribution in [0.5, 0.6) is 0 Å². The molecule has 0 spiro atoms. The zero-order valence-electron chi connectivity index (χ0n) is 26.9. The van der Waals surface area contributed by atoms with Gasteiger partial charge in [0.25, 0.3) is 23.6 Å². The Balaban J connectivity index is 0.00000196. The Morgan fingerprint density at radius 2 is 1.07 bits per heavy atom. The molecule has 2 heterocycles. The van der Waals surface area contributed by atoms with Crippen LogP contribution < -0.4 is 5.32 Å². The maximum absolute atomic E-state index is 13.3. The lowest BCUT2D eigenvalue weighted by molar-refractivity contribution is 0.0585. The van der Waals surface area contributed by atoms with E-state index >= 15 is 0 Å². The second kappa shape index (κ2) is 13.3. The number of carbonyl (C=O) groups is 4. The molecule has 0 fully saturated rings. The Labute approximate surface area is 265 Å². The Morgan fingerprint density at radius 1 is 0.667 bits per heavy atom. The van der Waals surface area contributed by atoms with Gasteiger partial charge in [-0.2, -0.15) is 0 Å². The van der Waals surface area contributed by atoms with Gasteiger partial charge in [-0.3, -0.25) is 29.0 Å². The third-order valence-electron chi connectivity index (χ3n) is 8.99. The minimum atomic E-state index is -0.255. The van der Waals surface area contributed by atoms with E-state index in [2.05, 4.69) is 24.1 Å². The summed E-state index contributed by atoms with van der Waals surface area (Å²) >= 11 is 0. The highest BCUT2D eigenvalue weighted by atomic mass is 16.2. The molecule has 0 aromatic heterocycles. The van der Waals surface area contributed by atoms with Gasteiger partial charge in [-0.25, -0.2) is 0 Å². The predicted molar refractivity (Wildman–Crippen MR) is 179 cm³/mol. The average molecular weight is 607 g/mol. The molecule has 0 saturated carbocycles. The molecule has 4 amide bonds. The van der Waals surface area contributed by atoms with Crippen molar-refractivity contribution in [2.45, 2.75) is 34.1 Å². The Hall–Kier alpha value is -4.40. The van der Waals surface area contributed by atoms with Crippen molar-refractivity contribution in [2.24, 2.45) is 5.41 Å². The number of amides is 4. The van der Waals surface area contributed by atoms with Crippen LogP contribution in [-0.4, -0.2) is 84.6 Å². The minimum Gasteiger partial charge on any atom is -0.314 e. The van der Waals surface area contributed by atoms with Crippen LogP contribution in [0.1, 0.15) is 75.5 Å². The first kappa shape index (κ1) is 32.0. The molecule has 2 aliphatic heterocycles. The second-order valence-corrected chi connectivity index (χ2v) is 12.0. The second-order valence-electron chi connectivity index (χ2n) is 12.0. The van der Waals surface area contributed by atoms with Crippen LogP contribution >= 0.6 is 0 Å². The van der Waals surface area contributed by atoms with E-state index in [0.717, 1.165) is 34.5 Å². The Kier molecular flexibility index (Phi) is 9.46. The standard InChI is InChI=1S/C35H36N4O4.C2H6/c1-4-35(2,21-36-17-18-38-31(40)25-13-5-9-23-10-6-14-26(29(23)25)32(38)41)22-37(3)19-20-39-33(42)27-15-7-11-24-12-8-16-28(30(24)27)34(39)43;1-2/h5-16,36H,4,17-22H2,1-3H3;1-2H3. The van der Waals surface area contributed by atoms with Crippen molar-refractivity contribution in [1.29, 1.82) is 0 Å². The SMILES string of the molecule is CC.CCC(C)(CNCCN1C(=O)c2cccc3cccc(c23)C1=O)CN(C)CCN1C(=O)c2cccc3cccc(c23)C1=O. The third kappa shape index (κ3) is 6.00. The smallest absolute Gasteiger partial charge is 0.261 e. The van der Waals surface area contributed by atoms with Crippen molar-refractivity contribution in [2.75, 3.05) is 46.3 Å². The topological polar surface area (TPSA) is 90.0 Å². The highest BCUT2D eigenvalue weighted by Gasteiger charge is 2.34. The molecule has 8 heteroatoms. The molecule has 4 aromatic rings. The molecule has 1 N–H and O–H groups in total. The van der Waals surface area contributed by atoms with Crippen LogP contribution in [0.25, 0.3) is 21.5 Å². The molecule has 1 atom stereocenters. The van der Waals surface area contributed by atoms with Crippen LogP contribution in [0.3, 0.4) is 0 Å². The van der Waals surface area contributed by atoms with E-state index in [0.29, 0.717) is 48.4 Å². The van der Waals surface area contributed by atoms with Crippen LogP contribution in [0, 0.1) is 5.41 Å². The number of nitrogens with zero attached hydrogens (tertiary/aromatic N) is 3. The molecular formula is C37H42N4O4. The van der Waals surface area contributed by atoms with Gasteiger partial charge in [0.05, 0.1) is 0 Å². The van der Waals surface area contributed by atoms with Crippen LogP contribution in [0.2, 0.25) is 0 Å². The summed E-state index contributed by atoms with van der Waals surface area (Å²) in [7, 11) is 2.00. The van der Waals surface area contributed by atoms with Gasteiger partial charge in [-0.05, 0) is 53.9 Å². The van der Waals surface area contributed by atoms with Crippen molar-refractivity contribution in [3.63, 3.8) is 0 Å². The van der Waals surface area contributed by atoms with E-state index in [4.69, 9.17) is 0 Å². The molecule has 45 heavy (non-hydrogen) atoms. The summed E-state index contributed by atoms with van der Waals surface area (Å²) in [6.45, 7) is 11.4. The van der Waals surface area contributed by atoms with E-state index in [-0.39, 0.29) is 35.6 Å². The number of hydrogen-bond donors (Lipinski definition) is 1. The molecule has 1 unspecified atom stereocenters. The molecule has 6 rings (SSSR count). The number of imide groups is 2. The van der Waals surface area contributed by atoms with Gasteiger partial charge < -0.3 is 10.2 Å². The number of hydrogen-bond acceptors (Lipinski definition) is 6. The van der Waals surface area contributed by atoms with Crippen molar-refractivity contribution >= 4 is 45.2 Å². The van der Waals surface area contributed by atoms with E-state index in [1.807, 2.05) is 69.4 Å². The largest absolute Gasteiger partial charge is 0.314 e. The normalized spacial score (nSPS) is 15.5. The molecule has 0 saturated heterocycles. The van der Waals surface area contributed by atoms with Crippen LogP contribution in [0.4, 0.5) is 0 Å². The molecular weight excluding hydrogens is 564 g/mol. The fourth-order valence-electron chi connectivity index (χ4n) is 6.44. The Bertz CT molecular complexity index is 1680. The average Bonchev–Trinajstić information content (AvgIpc) is 3.06. The first-order chi connectivity index (χ1) is 21.7. The fraction of sp³-hybridized carbons (Fsp3) is 0.351. The zero-order valence-corrected chi connectivity index (χ0v) is 26.9. The summed E-state index contributed by atoms with van der Waals surface area (Å²) in [6, 6.07) is 22.3. The quantitative estimate of drug-likeness (QED) is 0.170. The molecule has 0 bridgehead atoms. The van der Waals surface area contributed by atoms with Gasteiger partial charge in [0.2, 0.25) is 0 Å². The first-order valence-electron chi connectivity index (χ1n) is 15.9. The number of carbonyl (C=O) groups excluding carboxylic acids is 4. The van der Waals surface area contributed by atoms with Gasteiger partial charge >= 0.3 is 0 Å². The monoisotopic (exact) mass is 606 g/mol. The summed E-state index contributed by atoms with van der Waals surface area (Å²) in [4.78, 5) is 57.8. The molecule has 4 aromatic carbocycles. The number of likely N-dealkylation sites (N-methyl/N-ethyl adjacent to an activating group) is 1. The van der Waals surface area contributed by atoms with E-state index in [9.17, 15) is 19.2 Å². The summed E-state index contributed by atoms with van der Waals surface area (Å²) < 4.78 is 0. The van der Waals surface area contributed by atoms with Crippen molar-refractivity contribution in [3.05, 3.63) is 95.1 Å². The summed E-state index contributed by atoms with van der Waals surface area (Å²) in [5.74, 6) is -1.00. The van der Waals surface area contributed by atoms with Crippen LogP contribution in [-0.2, 0) is 0 Å². The lowest BCUT2D eigenvalue weighted by Gasteiger charge is -2.35. The van der Waals surface area contributed by atoms with Crippen molar-refractivity contribution in [1.82, 2.24) is 20.0 Å². The van der Waals surface area contributed by atoms with Crippen molar-refractivity contribution in [3.8, 4) is 0 Å². The molecule has 8 nitrogen and oxygen atoms in total. The van der Waals surface area contributed by atoms with Gasteiger partial charge in [-0.15, -0.1) is 0 Å². The summed E-state index contributed by atoms with van der Waals surface area (Å²) in [5, 5.41) is 6.74. The highest BCUT2D eigenvalue weighted by Crippen LogP contribution is 2.31. The molecule has 0 radical (unpaired) electrons. The lowest BCUT2D eigenvalue weighted by atomic mass is 9.86. The molecule has 234 valence electrons. The third-order valence-corrected chi connectivity index (χ3v) is 8.99. The highest BCUT2D eigenvalue weighted by molar-refractivity contribution is 6.26. The number of nitrogens with one attached hydrogen (secondary N) is 1. The van der Waals surface area contributed by atoms with Gasteiger partial charge in [0.1, 0.15) is 0 Å². The van der Waals surface area contributed by atoms with E-state index < -0.39 is 0 Å². The predicted octanol–water partition coefficient (Wildman–Crippen LogP) is 5.85. The van der Waals surface area contributed by atoms with Gasteiger partial charge in [0, 0.05) is 72.3 Å².